The minimum atomic E-state index is -0.102. The normalized spacial score (nSPS) is 9.70. The number of nitrogens with two attached hydrogens (primary N) is 1. The van der Waals surface area contributed by atoms with Crippen LogP contribution in [-0.2, 0) is 0 Å². The molecular weight excluding hydrogens is 148 g/mol. The summed E-state index contributed by atoms with van der Waals surface area (Å²) < 4.78 is 1.33. The first-order valence-electron chi connectivity index (χ1n) is 2.69. The van der Waals surface area contributed by atoms with Crippen LogP contribution >= 0.6 is 11.3 Å². The van der Waals surface area contributed by atoms with E-state index in [-0.39, 0.29) is 5.96 Å². The second kappa shape index (κ2) is 2.26. The van der Waals surface area contributed by atoms with E-state index >= 15 is 0 Å². The summed E-state index contributed by atoms with van der Waals surface area (Å²) in [4.78, 5) is 1.28. The first-order valence-corrected chi connectivity index (χ1v) is 3.51. The minimum Gasteiger partial charge on any atom is -0.369 e. The number of nitrogens with one attached hydrogen (secondary N) is 2. The molecule has 1 heterocycles. The van der Waals surface area contributed by atoms with E-state index in [4.69, 9.17) is 16.6 Å². The Balaban J connectivity index is 3.29. The third-order valence-electron chi connectivity index (χ3n) is 1.05. The molecule has 4 nitrogen and oxygen atoms in total. The largest absolute Gasteiger partial charge is 0.369 e. The predicted octanol–water partition coefficient (Wildman–Crippen LogP) is 0.0791. The molecule has 0 saturated heterocycles. The molecule has 54 valence electrons. The summed E-state index contributed by atoms with van der Waals surface area (Å²) >= 11 is 1.31. The van der Waals surface area contributed by atoms with Crippen LogP contribution in [0.1, 0.15) is 4.88 Å². The number of nitrogen functional groups attached to an aromatic ring is 1. The average Bonchev–Trinajstić information content (AvgIpc) is 2.10. The van der Waals surface area contributed by atoms with Crippen molar-refractivity contribution >= 4 is 17.3 Å². The van der Waals surface area contributed by atoms with E-state index in [0.29, 0.717) is 4.80 Å². The average molecular weight is 156 g/mol. The molecule has 1 aromatic heterocycles. The maximum atomic E-state index is 7.28. The number of thiazole rings is 1. The van der Waals surface area contributed by atoms with Gasteiger partial charge in [0.25, 0.3) is 0 Å². The fourth-order valence-electron chi connectivity index (χ4n) is 0.647. The summed E-state index contributed by atoms with van der Waals surface area (Å²) in [5, 5.41) is 14.3. The molecule has 1 rings (SSSR count). The van der Waals surface area contributed by atoms with Crippen molar-refractivity contribution in [1.29, 1.82) is 10.8 Å². The molecule has 0 unspecified atom stereocenters. The van der Waals surface area contributed by atoms with Crippen LogP contribution in [0, 0.1) is 17.7 Å². The third kappa shape index (κ3) is 1.08. The molecule has 0 atom stereocenters. The first-order chi connectivity index (χ1) is 4.61. The zero-order chi connectivity index (χ0) is 7.72. The van der Waals surface area contributed by atoms with Crippen LogP contribution in [0.25, 0.3) is 0 Å². The van der Waals surface area contributed by atoms with Crippen LogP contribution in [0.5, 0.6) is 0 Å². The summed E-state index contributed by atoms with van der Waals surface area (Å²) in [5.41, 5.74) is 5.16. The van der Waals surface area contributed by atoms with Crippen LogP contribution in [0.4, 0.5) is 0 Å². The molecule has 0 amide bonds. The van der Waals surface area contributed by atoms with E-state index in [2.05, 4.69) is 0 Å². The van der Waals surface area contributed by atoms with Crippen molar-refractivity contribution in [3.63, 3.8) is 0 Å². The lowest BCUT2D eigenvalue weighted by atomic mass is 10.6. The number of hydrogen-bond donors (Lipinski definition) is 3. The van der Waals surface area contributed by atoms with Crippen LogP contribution in [0.2, 0.25) is 0 Å². The van der Waals surface area contributed by atoms with E-state index in [1.165, 1.54) is 15.9 Å². The van der Waals surface area contributed by atoms with Crippen molar-refractivity contribution in [3.05, 3.63) is 15.9 Å². The Kier molecular flexibility index (Phi) is 1.58. The Morgan fingerprint density at radius 2 is 2.40 bits per heavy atom. The smallest absolute Gasteiger partial charge is 0.199 e. The van der Waals surface area contributed by atoms with Crippen LogP contribution < -0.4 is 10.5 Å². The molecule has 0 aliphatic carbocycles. The molecule has 0 saturated carbocycles. The summed E-state index contributed by atoms with van der Waals surface area (Å²) in [6, 6.07) is 0. The van der Waals surface area contributed by atoms with E-state index in [9.17, 15) is 0 Å². The summed E-state index contributed by atoms with van der Waals surface area (Å²) in [6.07, 6.45) is 1.68. The van der Waals surface area contributed by atoms with Gasteiger partial charge < -0.3 is 5.73 Å². The lowest BCUT2D eigenvalue weighted by Gasteiger charge is -1.93. The van der Waals surface area contributed by atoms with Gasteiger partial charge in [-0.05, 0) is 6.92 Å². The Hall–Kier alpha value is -1.10. The van der Waals surface area contributed by atoms with Gasteiger partial charge in [0.1, 0.15) is 0 Å². The number of rotatable bonds is 0. The van der Waals surface area contributed by atoms with Crippen molar-refractivity contribution in [2.75, 3.05) is 0 Å². The van der Waals surface area contributed by atoms with Crippen molar-refractivity contribution < 1.29 is 0 Å². The lowest BCUT2D eigenvalue weighted by Crippen LogP contribution is -2.27. The standard InChI is InChI=1S/C5H8N4S/c1-3-2-9(4(6)7)5(8)10-3/h2,8H,1H3,(H3,6,7). The Morgan fingerprint density at radius 3 is 2.60 bits per heavy atom. The Bertz CT molecular complexity index is 308. The number of hydrogen-bond acceptors (Lipinski definition) is 3. The van der Waals surface area contributed by atoms with Gasteiger partial charge in [-0.1, -0.05) is 0 Å². The van der Waals surface area contributed by atoms with E-state index in [0.717, 1.165) is 4.88 Å². The molecule has 0 aliphatic heterocycles. The SMILES string of the molecule is Cc1cn(C(=N)N)c(=N)s1. The van der Waals surface area contributed by atoms with Gasteiger partial charge in [0.2, 0.25) is 0 Å². The van der Waals surface area contributed by atoms with E-state index < -0.39 is 0 Å². The second-order valence-corrected chi connectivity index (χ2v) is 3.14. The van der Waals surface area contributed by atoms with Crippen LogP contribution in [0.3, 0.4) is 0 Å². The highest BCUT2D eigenvalue weighted by molar-refractivity contribution is 7.09. The Morgan fingerprint density at radius 1 is 1.80 bits per heavy atom. The molecule has 0 radical (unpaired) electrons. The molecule has 10 heavy (non-hydrogen) atoms. The van der Waals surface area contributed by atoms with Gasteiger partial charge >= 0.3 is 0 Å². The molecule has 4 N–H and O–H groups in total. The molecule has 0 aromatic carbocycles. The Labute approximate surface area is 61.9 Å². The predicted molar refractivity (Wildman–Crippen MR) is 40.2 cm³/mol. The fraction of sp³-hybridized carbons (Fsp3) is 0.200. The minimum absolute atomic E-state index is 0.102. The van der Waals surface area contributed by atoms with Gasteiger partial charge in [0, 0.05) is 11.1 Å². The van der Waals surface area contributed by atoms with Crippen LogP contribution in [-0.4, -0.2) is 10.5 Å². The highest BCUT2D eigenvalue weighted by atomic mass is 32.1. The number of nitrogens with zero attached hydrogens (tertiary/aromatic N) is 1. The quantitative estimate of drug-likeness (QED) is 0.361. The maximum Gasteiger partial charge on any atom is 0.199 e. The summed E-state index contributed by atoms with van der Waals surface area (Å²) in [6.45, 7) is 1.88. The number of aromatic nitrogens is 1. The summed E-state index contributed by atoms with van der Waals surface area (Å²) in [5.74, 6) is -0.102. The third-order valence-corrected chi connectivity index (χ3v) is 1.86. The van der Waals surface area contributed by atoms with Crippen molar-refractivity contribution in [2.24, 2.45) is 5.73 Å². The van der Waals surface area contributed by atoms with Gasteiger partial charge in [-0.2, -0.15) is 0 Å². The van der Waals surface area contributed by atoms with Gasteiger partial charge in [0.05, 0.1) is 0 Å². The molecule has 1 aromatic rings. The van der Waals surface area contributed by atoms with Crippen molar-refractivity contribution in [1.82, 2.24) is 4.57 Å². The lowest BCUT2D eigenvalue weighted by molar-refractivity contribution is 1.00. The second-order valence-electron chi connectivity index (χ2n) is 1.90. The molecule has 0 spiro atoms. The fourth-order valence-corrected chi connectivity index (χ4v) is 1.36. The number of aryl methyl sites for hydroxylation is 1. The summed E-state index contributed by atoms with van der Waals surface area (Å²) in [7, 11) is 0. The van der Waals surface area contributed by atoms with Crippen LogP contribution in [0.15, 0.2) is 6.20 Å². The molecular formula is C5H8N4S. The molecule has 0 fully saturated rings. The zero-order valence-corrected chi connectivity index (χ0v) is 6.33. The van der Waals surface area contributed by atoms with Crippen molar-refractivity contribution in [2.45, 2.75) is 6.92 Å². The zero-order valence-electron chi connectivity index (χ0n) is 5.51. The van der Waals surface area contributed by atoms with Crippen molar-refractivity contribution in [3.8, 4) is 0 Å². The van der Waals surface area contributed by atoms with E-state index in [1.54, 1.807) is 6.20 Å². The highest BCUT2D eigenvalue weighted by Gasteiger charge is 1.97. The van der Waals surface area contributed by atoms with Gasteiger partial charge in [0.15, 0.2) is 10.8 Å². The monoisotopic (exact) mass is 156 g/mol. The molecule has 0 aliphatic rings. The highest BCUT2D eigenvalue weighted by Crippen LogP contribution is 1.98. The van der Waals surface area contributed by atoms with Gasteiger partial charge in [-0.3, -0.25) is 15.4 Å². The van der Waals surface area contributed by atoms with Gasteiger partial charge in [-0.25, -0.2) is 0 Å². The topological polar surface area (TPSA) is 78.7 Å². The van der Waals surface area contributed by atoms with Gasteiger partial charge in [-0.15, -0.1) is 11.3 Å². The molecule has 5 heteroatoms. The van der Waals surface area contributed by atoms with E-state index in [1.807, 2.05) is 6.92 Å². The molecule has 0 bridgehead atoms. The first kappa shape index (κ1) is 7.01. The maximum absolute atomic E-state index is 7.28.